The predicted octanol–water partition coefficient (Wildman–Crippen LogP) is 0.264. The number of aliphatic hydroxyl groups is 1. The zero-order valence-electron chi connectivity index (χ0n) is 11.6. The van der Waals surface area contributed by atoms with E-state index in [0.717, 1.165) is 26.3 Å². The molecular formula is C13H25NO4. The SMILES string of the molecule is CO[C@]1(C)CCO[C@@H](C)[C@]1(O)CN1CCOCC1. The molecule has 2 saturated heterocycles. The quantitative estimate of drug-likeness (QED) is 0.788. The van der Waals surface area contributed by atoms with E-state index in [0.29, 0.717) is 19.6 Å². The molecule has 1 N–H and O–H groups in total. The minimum atomic E-state index is -0.975. The van der Waals surface area contributed by atoms with Crippen LogP contribution in [-0.2, 0) is 14.2 Å². The molecule has 0 bridgehead atoms. The highest BCUT2D eigenvalue weighted by Gasteiger charge is 2.54. The predicted molar refractivity (Wildman–Crippen MR) is 67.7 cm³/mol. The smallest absolute Gasteiger partial charge is 0.132 e. The van der Waals surface area contributed by atoms with Crippen LogP contribution >= 0.6 is 0 Å². The molecule has 0 unspecified atom stereocenters. The lowest BCUT2D eigenvalue weighted by Crippen LogP contribution is -2.68. The second kappa shape index (κ2) is 5.43. The third-order valence-corrected chi connectivity index (χ3v) is 4.55. The van der Waals surface area contributed by atoms with Crippen LogP contribution in [0.15, 0.2) is 0 Å². The van der Waals surface area contributed by atoms with Crippen LogP contribution in [0.25, 0.3) is 0 Å². The molecule has 2 rings (SSSR count). The van der Waals surface area contributed by atoms with Crippen LogP contribution < -0.4 is 0 Å². The van der Waals surface area contributed by atoms with E-state index in [1.807, 2.05) is 13.8 Å². The van der Waals surface area contributed by atoms with E-state index < -0.39 is 11.2 Å². The number of morpholine rings is 1. The number of rotatable bonds is 3. The third-order valence-electron chi connectivity index (χ3n) is 4.55. The molecule has 2 fully saturated rings. The summed E-state index contributed by atoms with van der Waals surface area (Å²) in [5, 5.41) is 11.1. The van der Waals surface area contributed by atoms with Crippen molar-refractivity contribution in [3.63, 3.8) is 0 Å². The maximum absolute atomic E-state index is 11.1. The largest absolute Gasteiger partial charge is 0.383 e. The van der Waals surface area contributed by atoms with Gasteiger partial charge >= 0.3 is 0 Å². The maximum atomic E-state index is 11.1. The van der Waals surface area contributed by atoms with Gasteiger partial charge in [-0.15, -0.1) is 0 Å². The molecule has 5 heteroatoms. The summed E-state index contributed by atoms with van der Waals surface area (Å²) in [7, 11) is 1.67. The van der Waals surface area contributed by atoms with Gasteiger partial charge in [0.2, 0.25) is 0 Å². The van der Waals surface area contributed by atoms with E-state index in [2.05, 4.69) is 4.90 Å². The number of hydrogen-bond donors (Lipinski definition) is 1. The molecule has 0 saturated carbocycles. The standard InChI is InChI=1S/C13H25NO4/c1-11-13(15,10-14-5-8-17-9-6-14)12(2,16-3)4-7-18-11/h11,15H,4-10H2,1-3H3/t11-,12+,13+/m0/s1. The molecule has 0 aromatic heterocycles. The van der Waals surface area contributed by atoms with Crippen molar-refractivity contribution in [2.75, 3.05) is 46.6 Å². The lowest BCUT2D eigenvalue weighted by molar-refractivity contribution is -0.258. The second-order valence-corrected chi connectivity index (χ2v) is 5.51. The molecule has 0 aromatic rings. The lowest BCUT2D eigenvalue weighted by Gasteiger charge is -2.52. The fourth-order valence-corrected chi connectivity index (χ4v) is 2.89. The van der Waals surface area contributed by atoms with Gasteiger partial charge in [0.05, 0.1) is 24.9 Å². The Bertz CT molecular complexity index is 282. The highest BCUT2D eigenvalue weighted by atomic mass is 16.5. The van der Waals surface area contributed by atoms with E-state index in [1.165, 1.54) is 0 Å². The van der Waals surface area contributed by atoms with Crippen LogP contribution in [0, 0.1) is 0 Å². The van der Waals surface area contributed by atoms with Crippen LogP contribution in [0.1, 0.15) is 20.3 Å². The summed E-state index contributed by atoms with van der Waals surface area (Å²) in [6, 6.07) is 0. The van der Waals surface area contributed by atoms with Gasteiger partial charge in [-0.25, -0.2) is 0 Å². The maximum Gasteiger partial charge on any atom is 0.132 e. The minimum Gasteiger partial charge on any atom is -0.383 e. The Labute approximate surface area is 109 Å². The van der Waals surface area contributed by atoms with Gasteiger partial charge in [0.15, 0.2) is 0 Å². The van der Waals surface area contributed by atoms with Gasteiger partial charge in [0, 0.05) is 39.8 Å². The Morgan fingerprint density at radius 2 is 2.00 bits per heavy atom. The van der Waals surface area contributed by atoms with Gasteiger partial charge in [-0.2, -0.15) is 0 Å². The van der Waals surface area contributed by atoms with Crippen LogP contribution in [0.3, 0.4) is 0 Å². The van der Waals surface area contributed by atoms with Crippen molar-refractivity contribution < 1.29 is 19.3 Å². The lowest BCUT2D eigenvalue weighted by atomic mass is 9.75. The fourth-order valence-electron chi connectivity index (χ4n) is 2.89. The number of β-amino-alcohol motifs (C(OH)–C–C–N with tert-alkyl or cyclic N) is 1. The molecule has 0 radical (unpaired) electrons. The van der Waals surface area contributed by atoms with Crippen LogP contribution in [-0.4, -0.2) is 73.9 Å². The summed E-state index contributed by atoms with van der Waals surface area (Å²) in [6.45, 7) is 8.29. The number of methoxy groups -OCH3 is 1. The summed E-state index contributed by atoms with van der Waals surface area (Å²) >= 11 is 0. The Morgan fingerprint density at radius 3 is 2.61 bits per heavy atom. The summed E-state index contributed by atoms with van der Waals surface area (Å²) in [5.74, 6) is 0. The Kier molecular flexibility index (Phi) is 4.29. The van der Waals surface area contributed by atoms with Gasteiger partial charge < -0.3 is 19.3 Å². The van der Waals surface area contributed by atoms with Crippen LogP contribution in [0.4, 0.5) is 0 Å². The zero-order valence-corrected chi connectivity index (χ0v) is 11.6. The van der Waals surface area contributed by atoms with Crippen LogP contribution in [0.2, 0.25) is 0 Å². The van der Waals surface area contributed by atoms with Crippen molar-refractivity contribution in [3.05, 3.63) is 0 Å². The van der Waals surface area contributed by atoms with Crippen molar-refractivity contribution in [2.45, 2.75) is 37.6 Å². The molecule has 2 aliphatic rings. The molecule has 2 aliphatic heterocycles. The highest BCUT2D eigenvalue weighted by Crippen LogP contribution is 2.38. The Morgan fingerprint density at radius 1 is 1.33 bits per heavy atom. The second-order valence-electron chi connectivity index (χ2n) is 5.51. The van der Waals surface area contributed by atoms with E-state index in [-0.39, 0.29) is 6.10 Å². The van der Waals surface area contributed by atoms with Gasteiger partial charge in [0.25, 0.3) is 0 Å². The average molecular weight is 259 g/mol. The minimum absolute atomic E-state index is 0.223. The Balaban J connectivity index is 2.12. The summed E-state index contributed by atoms with van der Waals surface area (Å²) in [4.78, 5) is 2.23. The highest BCUT2D eigenvalue weighted by molar-refractivity contribution is 5.06. The first-order valence-corrected chi connectivity index (χ1v) is 6.71. The zero-order chi connectivity index (χ0) is 13.2. The van der Waals surface area contributed by atoms with Crippen molar-refractivity contribution in [3.8, 4) is 0 Å². The molecule has 0 amide bonds. The van der Waals surface area contributed by atoms with Gasteiger partial charge in [0.1, 0.15) is 5.60 Å². The van der Waals surface area contributed by atoms with Crippen molar-refractivity contribution in [2.24, 2.45) is 0 Å². The first kappa shape index (κ1) is 14.2. The van der Waals surface area contributed by atoms with Crippen molar-refractivity contribution in [1.29, 1.82) is 0 Å². The molecule has 2 heterocycles. The van der Waals surface area contributed by atoms with Crippen LogP contribution in [0.5, 0.6) is 0 Å². The van der Waals surface area contributed by atoms with Crippen molar-refractivity contribution in [1.82, 2.24) is 4.90 Å². The summed E-state index contributed by atoms with van der Waals surface area (Å²) in [6.07, 6.45) is 0.494. The molecule has 18 heavy (non-hydrogen) atoms. The van der Waals surface area contributed by atoms with E-state index in [9.17, 15) is 5.11 Å². The summed E-state index contributed by atoms with van der Waals surface area (Å²) < 4.78 is 16.6. The van der Waals surface area contributed by atoms with E-state index in [1.54, 1.807) is 7.11 Å². The van der Waals surface area contributed by atoms with E-state index in [4.69, 9.17) is 14.2 Å². The Hall–Kier alpha value is -0.200. The molecular weight excluding hydrogens is 234 g/mol. The summed E-state index contributed by atoms with van der Waals surface area (Å²) in [5.41, 5.74) is -1.53. The molecule has 0 spiro atoms. The number of hydrogen-bond acceptors (Lipinski definition) is 5. The molecule has 0 aliphatic carbocycles. The normalized spacial score (nSPS) is 43.0. The first-order valence-electron chi connectivity index (χ1n) is 6.71. The molecule has 3 atom stereocenters. The molecule has 106 valence electrons. The molecule has 5 nitrogen and oxygen atoms in total. The molecule has 0 aromatic carbocycles. The number of ether oxygens (including phenoxy) is 3. The average Bonchev–Trinajstić information content (AvgIpc) is 2.37. The van der Waals surface area contributed by atoms with Gasteiger partial charge in [-0.1, -0.05) is 0 Å². The van der Waals surface area contributed by atoms with Gasteiger partial charge in [-0.3, -0.25) is 4.90 Å². The van der Waals surface area contributed by atoms with E-state index >= 15 is 0 Å². The first-order chi connectivity index (χ1) is 8.52. The fraction of sp³-hybridized carbons (Fsp3) is 1.00. The number of nitrogens with zero attached hydrogens (tertiary/aromatic N) is 1. The third kappa shape index (κ3) is 2.42. The van der Waals surface area contributed by atoms with Crippen molar-refractivity contribution >= 4 is 0 Å². The monoisotopic (exact) mass is 259 g/mol. The van der Waals surface area contributed by atoms with Gasteiger partial charge in [-0.05, 0) is 13.8 Å². The topological polar surface area (TPSA) is 51.2 Å².